The maximum Gasteiger partial charge on any atom is -0.0152 e. The van der Waals surface area contributed by atoms with Crippen molar-refractivity contribution in [1.82, 2.24) is 0 Å². The Morgan fingerprint density at radius 1 is 1.11 bits per heavy atom. The minimum Gasteiger partial charge on any atom is -0.333 e. The second-order valence-corrected chi connectivity index (χ2v) is 7.11. The van der Waals surface area contributed by atoms with E-state index in [1.807, 2.05) is 19.9 Å². The van der Waals surface area contributed by atoms with Crippen molar-refractivity contribution in [3.05, 3.63) is 83.0 Å². The molecule has 2 N–H and O–H groups in total. The van der Waals surface area contributed by atoms with Gasteiger partial charge in [-0.3, -0.25) is 0 Å². The quantitative estimate of drug-likeness (QED) is 0.545. The lowest BCUT2D eigenvalue weighted by atomic mass is 9.77. The lowest BCUT2D eigenvalue weighted by molar-refractivity contribution is 0.562. The normalized spacial score (nSPS) is 17.4. The number of rotatable bonds is 4. The molecule has 0 fully saturated rings. The number of allylic oxidation sites excluding steroid dienone is 6. The molecule has 0 heterocycles. The summed E-state index contributed by atoms with van der Waals surface area (Å²) in [4.78, 5) is 0. The van der Waals surface area contributed by atoms with Gasteiger partial charge in [0.05, 0.1) is 0 Å². The van der Waals surface area contributed by atoms with Crippen LogP contribution in [0.4, 0.5) is 0 Å². The number of nitrogens with two attached hydrogens (primary N) is 1. The number of hydrogen-bond donors (Lipinski definition) is 1. The first-order valence-corrected chi connectivity index (χ1v) is 10.6. The fourth-order valence-electron chi connectivity index (χ4n) is 4.09. The van der Waals surface area contributed by atoms with Gasteiger partial charge in [-0.25, -0.2) is 0 Å². The average Bonchev–Trinajstić information content (AvgIpc) is 2.78. The zero-order chi connectivity index (χ0) is 21.3. The van der Waals surface area contributed by atoms with Crippen LogP contribution in [0.3, 0.4) is 0 Å². The molecule has 3 rings (SSSR count). The Morgan fingerprint density at radius 3 is 2.39 bits per heavy atom. The van der Waals surface area contributed by atoms with Gasteiger partial charge in [0.15, 0.2) is 0 Å². The number of hydrogen-bond acceptors (Lipinski definition) is 1. The Hall–Kier alpha value is -2.12. The van der Waals surface area contributed by atoms with Crippen molar-refractivity contribution < 1.29 is 0 Å². The molecule has 0 bridgehead atoms. The van der Waals surface area contributed by atoms with Crippen LogP contribution < -0.4 is 5.73 Å². The summed E-state index contributed by atoms with van der Waals surface area (Å²) in [5, 5.41) is 0. The Labute approximate surface area is 173 Å². The van der Waals surface area contributed by atoms with Gasteiger partial charge < -0.3 is 5.73 Å². The molecule has 0 saturated carbocycles. The van der Waals surface area contributed by atoms with Crippen LogP contribution in [0.25, 0.3) is 11.6 Å². The SMILES string of the molecule is C=CC1=C(C(=C)c2cc3c(c(C)c2C)C=CCC3)CC(C=C)CC1.CC.CN. The molecule has 1 aromatic rings. The van der Waals surface area contributed by atoms with Crippen molar-refractivity contribution in [2.75, 3.05) is 7.05 Å². The Balaban J connectivity index is 0.000000921. The van der Waals surface area contributed by atoms with E-state index in [-0.39, 0.29) is 0 Å². The molecule has 1 heteroatoms. The first-order chi connectivity index (χ1) is 13.6. The van der Waals surface area contributed by atoms with Gasteiger partial charge in [-0.2, -0.15) is 0 Å². The smallest absolute Gasteiger partial charge is 0.0152 e. The van der Waals surface area contributed by atoms with Gasteiger partial charge in [0.1, 0.15) is 0 Å². The van der Waals surface area contributed by atoms with Gasteiger partial charge >= 0.3 is 0 Å². The van der Waals surface area contributed by atoms with E-state index in [2.05, 4.69) is 63.6 Å². The summed E-state index contributed by atoms with van der Waals surface area (Å²) in [5.74, 6) is 0.558. The van der Waals surface area contributed by atoms with Crippen molar-refractivity contribution in [3.8, 4) is 0 Å². The van der Waals surface area contributed by atoms with Crippen LogP contribution in [0.15, 0.2) is 55.2 Å². The highest BCUT2D eigenvalue weighted by Crippen LogP contribution is 2.40. The van der Waals surface area contributed by atoms with Gasteiger partial charge in [0, 0.05) is 0 Å². The molecule has 1 aromatic carbocycles. The molecule has 1 atom stereocenters. The number of benzene rings is 1. The molecule has 28 heavy (non-hydrogen) atoms. The third kappa shape index (κ3) is 5.02. The molecule has 0 saturated heterocycles. The molecule has 0 spiro atoms. The van der Waals surface area contributed by atoms with E-state index < -0.39 is 0 Å². The number of fused-ring (bicyclic) bond motifs is 1. The molecule has 1 unspecified atom stereocenters. The summed E-state index contributed by atoms with van der Waals surface area (Å²) in [6, 6.07) is 2.38. The molecule has 2 aliphatic carbocycles. The van der Waals surface area contributed by atoms with Crippen molar-refractivity contribution in [1.29, 1.82) is 0 Å². The van der Waals surface area contributed by atoms with E-state index in [4.69, 9.17) is 0 Å². The predicted octanol–water partition coefficient (Wildman–Crippen LogP) is 7.35. The highest BCUT2D eigenvalue weighted by Gasteiger charge is 2.22. The van der Waals surface area contributed by atoms with Crippen LogP contribution in [0, 0.1) is 19.8 Å². The van der Waals surface area contributed by atoms with Crippen LogP contribution in [0.5, 0.6) is 0 Å². The fourth-order valence-corrected chi connectivity index (χ4v) is 4.09. The largest absolute Gasteiger partial charge is 0.333 e. The molecule has 0 radical (unpaired) electrons. The average molecular weight is 378 g/mol. The minimum atomic E-state index is 0.558. The van der Waals surface area contributed by atoms with Gasteiger partial charge in [-0.05, 0) is 103 Å². The molecule has 2 aliphatic rings. The van der Waals surface area contributed by atoms with Crippen LogP contribution in [-0.2, 0) is 6.42 Å². The zero-order valence-corrected chi connectivity index (χ0v) is 18.7. The lowest BCUT2D eigenvalue weighted by Crippen LogP contribution is -2.10. The second-order valence-electron chi connectivity index (χ2n) is 7.11. The lowest BCUT2D eigenvalue weighted by Gasteiger charge is -2.27. The van der Waals surface area contributed by atoms with Crippen molar-refractivity contribution in [3.63, 3.8) is 0 Å². The summed E-state index contributed by atoms with van der Waals surface area (Å²) in [5.41, 5.74) is 15.4. The zero-order valence-electron chi connectivity index (χ0n) is 18.7. The van der Waals surface area contributed by atoms with Crippen molar-refractivity contribution >= 4 is 11.6 Å². The third-order valence-electron chi connectivity index (χ3n) is 5.81. The number of aryl methyl sites for hydroxylation is 1. The maximum absolute atomic E-state index is 4.51. The van der Waals surface area contributed by atoms with Gasteiger partial charge in [0.2, 0.25) is 0 Å². The summed E-state index contributed by atoms with van der Waals surface area (Å²) >= 11 is 0. The minimum absolute atomic E-state index is 0.558. The summed E-state index contributed by atoms with van der Waals surface area (Å²) in [6.07, 6.45) is 14.3. The van der Waals surface area contributed by atoms with Crippen molar-refractivity contribution in [2.45, 2.75) is 59.8 Å². The van der Waals surface area contributed by atoms with Crippen molar-refractivity contribution in [2.24, 2.45) is 11.7 Å². The monoisotopic (exact) mass is 377 g/mol. The highest BCUT2D eigenvalue weighted by molar-refractivity contribution is 5.83. The second kappa shape index (κ2) is 11.7. The van der Waals surface area contributed by atoms with Crippen LogP contribution in [-0.4, -0.2) is 7.05 Å². The van der Waals surface area contributed by atoms with E-state index >= 15 is 0 Å². The van der Waals surface area contributed by atoms with E-state index in [1.54, 1.807) is 0 Å². The van der Waals surface area contributed by atoms with Gasteiger partial charge in [-0.15, -0.1) is 6.58 Å². The molecular weight excluding hydrogens is 338 g/mol. The fraction of sp³-hybridized carbons (Fsp3) is 0.407. The maximum atomic E-state index is 4.51. The summed E-state index contributed by atoms with van der Waals surface area (Å²) in [7, 11) is 1.50. The van der Waals surface area contributed by atoms with Crippen LogP contribution in [0.1, 0.15) is 67.3 Å². The Bertz CT molecular complexity index is 774. The van der Waals surface area contributed by atoms with E-state index in [9.17, 15) is 0 Å². The Kier molecular flexibility index (Phi) is 9.96. The molecule has 0 aromatic heterocycles. The summed E-state index contributed by atoms with van der Waals surface area (Å²) < 4.78 is 0. The first kappa shape index (κ1) is 23.9. The first-order valence-electron chi connectivity index (χ1n) is 10.6. The molecule has 0 amide bonds. The molecule has 1 nitrogen and oxygen atoms in total. The van der Waals surface area contributed by atoms with Crippen LogP contribution >= 0.6 is 0 Å². The van der Waals surface area contributed by atoms with E-state index in [0.29, 0.717) is 5.92 Å². The topological polar surface area (TPSA) is 26.0 Å². The molecule has 0 aliphatic heterocycles. The van der Waals surface area contributed by atoms with E-state index in [0.717, 1.165) is 25.7 Å². The molecule has 152 valence electrons. The highest BCUT2D eigenvalue weighted by atomic mass is 14.4. The predicted molar refractivity (Wildman–Crippen MR) is 129 cm³/mol. The van der Waals surface area contributed by atoms with Crippen LogP contribution in [0.2, 0.25) is 0 Å². The third-order valence-corrected chi connectivity index (χ3v) is 5.81. The summed E-state index contributed by atoms with van der Waals surface area (Å²) in [6.45, 7) is 21.0. The van der Waals surface area contributed by atoms with Gasteiger partial charge in [0.25, 0.3) is 0 Å². The molecular formula is C27H39N. The Morgan fingerprint density at radius 2 is 1.79 bits per heavy atom. The standard InChI is InChI=1S/C24H28.C2H6.CH5N/c1-6-19-12-13-20(7-2)24(14-19)18(5)23-15-21-10-8-9-11-22(21)16(3)17(23)4;2*1-2/h6-7,9,11,15,19H,1-2,5,8,10,12-14H2,3-4H3;1-2H3;2H2,1H3. The van der Waals surface area contributed by atoms with E-state index in [1.165, 1.54) is 58.0 Å². The van der Waals surface area contributed by atoms with Gasteiger partial charge in [-0.1, -0.05) is 57.4 Å².